The topological polar surface area (TPSA) is 85.7 Å². The van der Waals surface area contributed by atoms with Gasteiger partial charge in [0.2, 0.25) is 0 Å². The molecule has 7 heteroatoms. The Hall–Kier alpha value is -1.73. The Morgan fingerprint density at radius 2 is 2.39 bits per heavy atom. The minimum absolute atomic E-state index is 0.164. The Morgan fingerprint density at radius 1 is 1.72 bits per heavy atom. The third-order valence-electron chi connectivity index (χ3n) is 2.57. The maximum atomic E-state index is 12.1. The number of hydrogen-bond donors (Lipinski definition) is 1. The van der Waals surface area contributed by atoms with E-state index < -0.39 is 0 Å². The number of amides is 1. The van der Waals surface area contributed by atoms with Gasteiger partial charge >= 0.3 is 0 Å². The van der Waals surface area contributed by atoms with Gasteiger partial charge in [-0.05, 0) is 20.6 Å². The van der Waals surface area contributed by atoms with E-state index in [1.165, 1.54) is 4.90 Å². The van der Waals surface area contributed by atoms with Crippen LogP contribution in [0.3, 0.4) is 0 Å². The summed E-state index contributed by atoms with van der Waals surface area (Å²) in [6.45, 7) is 8.11. The highest BCUT2D eigenvalue weighted by Gasteiger charge is 2.21. The zero-order chi connectivity index (χ0) is 13.7. The van der Waals surface area contributed by atoms with Gasteiger partial charge in [0.15, 0.2) is 11.5 Å². The van der Waals surface area contributed by atoms with Gasteiger partial charge in [0.1, 0.15) is 0 Å². The van der Waals surface area contributed by atoms with Gasteiger partial charge in [-0.3, -0.25) is 4.79 Å². The summed E-state index contributed by atoms with van der Waals surface area (Å²) < 4.78 is 1.80. The zero-order valence-electron chi connectivity index (χ0n) is 11.0. The first-order valence-electron chi connectivity index (χ1n) is 5.63. The molecule has 100 valence electrons. The van der Waals surface area contributed by atoms with Crippen molar-refractivity contribution in [1.82, 2.24) is 14.5 Å². The van der Waals surface area contributed by atoms with Crippen molar-refractivity contribution in [3.05, 3.63) is 12.0 Å². The molecule has 1 heterocycles. The van der Waals surface area contributed by atoms with E-state index in [-0.39, 0.29) is 18.6 Å². The first kappa shape index (κ1) is 14.3. The largest absolute Gasteiger partial charge is 0.338 e. The molecule has 0 saturated carbocycles. The minimum Gasteiger partial charge on any atom is -0.338 e. The minimum atomic E-state index is -0.228. The van der Waals surface area contributed by atoms with Crippen molar-refractivity contribution < 1.29 is 9.63 Å². The molecule has 0 fully saturated rings. The number of nitrogens with two attached hydrogens (primary N) is 1. The fourth-order valence-corrected chi connectivity index (χ4v) is 1.51. The lowest BCUT2D eigenvalue weighted by molar-refractivity contribution is 0.0693. The highest BCUT2D eigenvalue weighted by atomic mass is 16.6. The number of hydrogen-bond acceptors (Lipinski definition) is 5. The summed E-state index contributed by atoms with van der Waals surface area (Å²) in [5.74, 6) is 5.18. The Balaban J connectivity index is 2.95. The summed E-state index contributed by atoms with van der Waals surface area (Å²) in [5.41, 5.74) is 0.290. The molecule has 2 N–H and O–H groups in total. The zero-order valence-corrected chi connectivity index (χ0v) is 11.0. The van der Waals surface area contributed by atoms with E-state index in [1.807, 2.05) is 13.8 Å². The molecular weight excluding hydrogens is 234 g/mol. The van der Waals surface area contributed by atoms with Crippen molar-refractivity contribution in [2.75, 3.05) is 20.2 Å². The van der Waals surface area contributed by atoms with Crippen LogP contribution < -0.4 is 5.90 Å². The molecule has 0 aromatic carbocycles. The lowest BCUT2D eigenvalue weighted by atomic mass is 10.3. The average molecular weight is 253 g/mol. The number of imidazole rings is 1. The van der Waals surface area contributed by atoms with Crippen molar-refractivity contribution in [3.63, 3.8) is 0 Å². The summed E-state index contributed by atoms with van der Waals surface area (Å²) in [7, 11) is 1.66. The molecule has 0 radical (unpaired) electrons. The quantitative estimate of drug-likeness (QED) is 0.599. The number of carbonyl (C=O) groups is 1. The molecule has 0 aliphatic carbocycles. The van der Waals surface area contributed by atoms with Crippen LogP contribution in [-0.2, 0) is 4.84 Å². The van der Waals surface area contributed by atoms with Gasteiger partial charge in [0, 0.05) is 19.6 Å². The highest BCUT2D eigenvalue weighted by molar-refractivity contribution is 5.96. The van der Waals surface area contributed by atoms with Gasteiger partial charge in [-0.25, -0.2) is 15.9 Å². The number of aliphatic imine (C=N–C) groups is 1. The molecule has 18 heavy (non-hydrogen) atoms. The van der Waals surface area contributed by atoms with E-state index >= 15 is 0 Å². The van der Waals surface area contributed by atoms with Crippen molar-refractivity contribution in [1.29, 1.82) is 0 Å². The van der Waals surface area contributed by atoms with E-state index in [2.05, 4.69) is 21.5 Å². The van der Waals surface area contributed by atoms with Crippen LogP contribution in [0.1, 0.15) is 30.4 Å². The fourth-order valence-electron chi connectivity index (χ4n) is 1.51. The third-order valence-corrected chi connectivity index (χ3v) is 2.57. The second-order valence-corrected chi connectivity index (χ2v) is 4.17. The molecule has 1 amide bonds. The normalized spacial score (nSPS) is 10.7. The summed E-state index contributed by atoms with van der Waals surface area (Å²) in [6, 6.07) is 0.164. The van der Waals surface area contributed by atoms with Gasteiger partial charge in [0.25, 0.3) is 5.91 Å². The molecule has 0 spiro atoms. The number of likely N-dealkylation sites (N-methyl/N-ethyl adjacent to an activating group) is 1. The van der Waals surface area contributed by atoms with E-state index in [0.29, 0.717) is 18.1 Å². The van der Waals surface area contributed by atoms with Crippen molar-refractivity contribution in [3.8, 4) is 0 Å². The molecule has 1 aromatic rings. The number of carbonyl (C=O) groups excluding carboxylic acids is 1. The molecule has 0 atom stereocenters. The van der Waals surface area contributed by atoms with Crippen LogP contribution in [0.4, 0.5) is 5.82 Å². The lowest BCUT2D eigenvalue weighted by Crippen LogP contribution is -2.31. The molecule has 0 unspecified atom stereocenters. The van der Waals surface area contributed by atoms with Crippen LogP contribution in [-0.4, -0.2) is 47.3 Å². The lowest BCUT2D eigenvalue weighted by Gasteiger charge is -2.15. The Labute approximate surface area is 106 Å². The SMILES string of the molecule is C=Nc1c(C(=O)N(C)CCON)ncn1C(C)C. The molecule has 1 rings (SSSR count). The summed E-state index contributed by atoms with van der Waals surface area (Å²) in [4.78, 5) is 26.0. The van der Waals surface area contributed by atoms with Gasteiger partial charge < -0.3 is 14.3 Å². The molecule has 0 bridgehead atoms. The van der Waals surface area contributed by atoms with E-state index in [0.717, 1.165) is 0 Å². The third kappa shape index (κ3) is 2.93. The highest BCUT2D eigenvalue weighted by Crippen LogP contribution is 2.22. The first-order valence-corrected chi connectivity index (χ1v) is 5.63. The number of nitrogens with zero attached hydrogens (tertiary/aromatic N) is 4. The molecule has 0 aliphatic rings. The van der Waals surface area contributed by atoms with Gasteiger partial charge in [-0.1, -0.05) is 0 Å². The van der Waals surface area contributed by atoms with Gasteiger partial charge in [-0.2, -0.15) is 0 Å². The monoisotopic (exact) mass is 253 g/mol. The summed E-state index contributed by atoms with van der Waals surface area (Å²) in [5, 5.41) is 0. The summed E-state index contributed by atoms with van der Waals surface area (Å²) >= 11 is 0. The van der Waals surface area contributed by atoms with Crippen molar-refractivity contribution in [2.24, 2.45) is 10.9 Å². The van der Waals surface area contributed by atoms with Crippen LogP contribution in [0.2, 0.25) is 0 Å². The second kappa shape index (κ2) is 6.27. The van der Waals surface area contributed by atoms with Gasteiger partial charge in [-0.15, -0.1) is 0 Å². The molecule has 7 nitrogen and oxygen atoms in total. The molecule has 1 aromatic heterocycles. The van der Waals surface area contributed by atoms with Crippen LogP contribution in [0.25, 0.3) is 0 Å². The Bertz CT molecular complexity index is 427. The van der Waals surface area contributed by atoms with Crippen LogP contribution in [0, 0.1) is 0 Å². The van der Waals surface area contributed by atoms with Crippen LogP contribution in [0.5, 0.6) is 0 Å². The maximum Gasteiger partial charge on any atom is 0.276 e. The second-order valence-electron chi connectivity index (χ2n) is 4.17. The number of aromatic nitrogens is 2. The van der Waals surface area contributed by atoms with Crippen molar-refractivity contribution in [2.45, 2.75) is 19.9 Å². The molecule has 0 aliphatic heterocycles. The van der Waals surface area contributed by atoms with Crippen LogP contribution >= 0.6 is 0 Å². The standard InChI is InChI=1S/C11H19N5O2/c1-8(2)16-7-14-9(10(16)13-3)11(17)15(4)5-6-18-12/h7-8H,3,5-6,12H2,1-2,4H3. The molecule has 0 saturated heterocycles. The predicted molar refractivity (Wildman–Crippen MR) is 68.9 cm³/mol. The maximum absolute atomic E-state index is 12.1. The Morgan fingerprint density at radius 3 is 2.89 bits per heavy atom. The predicted octanol–water partition coefficient (Wildman–Crippen LogP) is 0.758. The van der Waals surface area contributed by atoms with E-state index in [9.17, 15) is 4.79 Å². The van der Waals surface area contributed by atoms with Crippen molar-refractivity contribution >= 4 is 18.4 Å². The number of rotatable bonds is 6. The summed E-state index contributed by atoms with van der Waals surface area (Å²) in [6.07, 6.45) is 1.59. The first-order chi connectivity index (χ1) is 8.52. The molecular formula is C11H19N5O2. The van der Waals surface area contributed by atoms with Gasteiger partial charge in [0.05, 0.1) is 12.9 Å². The smallest absolute Gasteiger partial charge is 0.276 e. The van der Waals surface area contributed by atoms with E-state index in [4.69, 9.17) is 5.90 Å². The van der Waals surface area contributed by atoms with Crippen LogP contribution in [0.15, 0.2) is 11.3 Å². The Kier molecular flexibility index (Phi) is 4.99. The average Bonchev–Trinajstić information content (AvgIpc) is 2.78. The van der Waals surface area contributed by atoms with E-state index in [1.54, 1.807) is 17.9 Å². The fraction of sp³-hybridized carbons (Fsp3) is 0.545.